The highest BCUT2D eigenvalue weighted by Crippen LogP contribution is 2.35. The molecule has 0 atom stereocenters. The first-order chi connectivity index (χ1) is 8.63. The first-order valence-corrected chi connectivity index (χ1v) is 5.71. The van der Waals surface area contributed by atoms with Gasteiger partial charge in [-0.1, -0.05) is 0 Å². The third kappa shape index (κ3) is 2.07. The van der Waals surface area contributed by atoms with Gasteiger partial charge in [-0.15, -0.1) is 21.6 Å². The average Bonchev–Trinajstić information content (AvgIpc) is 2.81. The van der Waals surface area contributed by atoms with E-state index in [1.54, 1.807) is 6.07 Å². The predicted molar refractivity (Wildman–Crippen MR) is 70.7 cm³/mol. The van der Waals surface area contributed by atoms with Gasteiger partial charge in [0.2, 0.25) is 0 Å². The van der Waals surface area contributed by atoms with Gasteiger partial charge in [0.05, 0.1) is 5.69 Å². The Bertz CT molecular complexity index is 639. The molecule has 0 bridgehead atoms. The molecular formula is C10H9N7S. The summed E-state index contributed by atoms with van der Waals surface area (Å²) in [6.07, 6.45) is 0. The van der Waals surface area contributed by atoms with Crippen LogP contribution in [-0.2, 0) is 0 Å². The summed E-state index contributed by atoms with van der Waals surface area (Å²) >= 11 is 1.41. The van der Waals surface area contributed by atoms with Gasteiger partial charge in [-0.3, -0.25) is 0 Å². The zero-order valence-corrected chi connectivity index (χ0v) is 9.98. The number of nitrogens with two attached hydrogens (primary N) is 3. The van der Waals surface area contributed by atoms with Crippen LogP contribution in [0, 0.1) is 11.3 Å². The van der Waals surface area contributed by atoms with E-state index in [2.05, 4.69) is 15.2 Å². The van der Waals surface area contributed by atoms with E-state index in [4.69, 9.17) is 22.5 Å². The van der Waals surface area contributed by atoms with E-state index in [0.717, 1.165) is 0 Å². The highest BCUT2D eigenvalue weighted by molar-refractivity contribution is 7.13. The minimum absolute atomic E-state index is 0.0115. The molecule has 0 saturated carbocycles. The number of thiophene rings is 1. The van der Waals surface area contributed by atoms with Crippen LogP contribution in [0.1, 0.15) is 5.56 Å². The van der Waals surface area contributed by atoms with Gasteiger partial charge in [0.1, 0.15) is 22.5 Å². The van der Waals surface area contributed by atoms with Gasteiger partial charge in [0, 0.05) is 0 Å². The van der Waals surface area contributed by atoms with E-state index in [1.807, 2.05) is 17.5 Å². The molecule has 0 aliphatic carbocycles. The van der Waals surface area contributed by atoms with Crippen molar-refractivity contribution in [2.45, 2.75) is 0 Å². The Morgan fingerprint density at radius 1 is 1.22 bits per heavy atom. The fraction of sp³-hybridized carbons (Fsp3) is 0. The van der Waals surface area contributed by atoms with Crippen molar-refractivity contribution in [2.75, 3.05) is 17.2 Å². The standard InChI is InChI=1S/C10H9N7S/c11-4-5-7(12)8(10(14)15-9(5)13)17-16-6-2-1-3-18-6/h1-3H,(H6,12,13,14,15)/b17-16+. The minimum atomic E-state index is -0.0115. The maximum atomic E-state index is 8.91. The third-order valence-corrected chi connectivity index (χ3v) is 2.88. The van der Waals surface area contributed by atoms with Crippen LogP contribution in [0.2, 0.25) is 0 Å². The fourth-order valence-electron chi connectivity index (χ4n) is 1.28. The molecule has 0 aliphatic rings. The molecule has 6 N–H and O–H groups in total. The molecule has 18 heavy (non-hydrogen) atoms. The quantitative estimate of drug-likeness (QED) is 0.709. The number of nitrogen functional groups attached to an aromatic ring is 3. The van der Waals surface area contributed by atoms with Crippen molar-refractivity contribution in [3.63, 3.8) is 0 Å². The van der Waals surface area contributed by atoms with Crippen molar-refractivity contribution in [1.82, 2.24) is 4.98 Å². The van der Waals surface area contributed by atoms with Crippen molar-refractivity contribution < 1.29 is 0 Å². The van der Waals surface area contributed by atoms with Crippen LogP contribution in [0.4, 0.5) is 28.0 Å². The van der Waals surface area contributed by atoms with Gasteiger partial charge < -0.3 is 17.2 Å². The molecular weight excluding hydrogens is 250 g/mol. The van der Waals surface area contributed by atoms with Crippen LogP contribution < -0.4 is 17.2 Å². The van der Waals surface area contributed by atoms with Gasteiger partial charge in [0.25, 0.3) is 0 Å². The summed E-state index contributed by atoms with van der Waals surface area (Å²) in [6.45, 7) is 0. The molecule has 0 spiro atoms. The van der Waals surface area contributed by atoms with Gasteiger partial charge in [-0.25, -0.2) is 4.98 Å². The second-order valence-electron chi connectivity index (χ2n) is 3.28. The van der Waals surface area contributed by atoms with Gasteiger partial charge >= 0.3 is 0 Å². The molecule has 2 aromatic heterocycles. The van der Waals surface area contributed by atoms with Crippen LogP contribution in [0.15, 0.2) is 27.7 Å². The molecule has 0 amide bonds. The molecule has 2 aromatic rings. The van der Waals surface area contributed by atoms with Crippen molar-refractivity contribution >= 4 is 39.3 Å². The number of azo groups is 1. The molecule has 0 radical (unpaired) electrons. The lowest BCUT2D eigenvalue weighted by molar-refractivity contribution is 1.22. The number of nitriles is 1. The van der Waals surface area contributed by atoms with Gasteiger partial charge in [0.15, 0.2) is 11.5 Å². The lowest BCUT2D eigenvalue weighted by atomic mass is 10.2. The Labute approximate surface area is 107 Å². The van der Waals surface area contributed by atoms with Crippen molar-refractivity contribution in [2.24, 2.45) is 10.2 Å². The predicted octanol–water partition coefficient (Wildman–Crippen LogP) is 2.18. The zero-order chi connectivity index (χ0) is 13.1. The van der Waals surface area contributed by atoms with Crippen LogP contribution in [0.3, 0.4) is 0 Å². The summed E-state index contributed by atoms with van der Waals surface area (Å²) in [5.74, 6) is 0.0341. The lowest BCUT2D eigenvalue weighted by Crippen LogP contribution is -2.04. The number of anilines is 3. The highest BCUT2D eigenvalue weighted by atomic mass is 32.1. The summed E-state index contributed by atoms with van der Waals surface area (Å²) in [5, 5.41) is 19.3. The smallest absolute Gasteiger partial charge is 0.155 e. The first-order valence-electron chi connectivity index (χ1n) is 4.83. The lowest BCUT2D eigenvalue weighted by Gasteiger charge is -2.06. The molecule has 0 saturated heterocycles. The molecule has 0 aliphatic heterocycles. The number of pyridine rings is 1. The molecule has 0 unspecified atom stereocenters. The number of rotatable bonds is 2. The van der Waals surface area contributed by atoms with E-state index < -0.39 is 0 Å². The summed E-state index contributed by atoms with van der Waals surface area (Å²) < 4.78 is 0. The normalized spacial score (nSPS) is 10.6. The Morgan fingerprint density at radius 2 is 2.00 bits per heavy atom. The molecule has 7 nitrogen and oxygen atoms in total. The van der Waals surface area contributed by atoms with Crippen LogP contribution in [0.25, 0.3) is 0 Å². The van der Waals surface area contributed by atoms with Crippen LogP contribution >= 0.6 is 11.3 Å². The summed E-state index contributed by atoms with van der Waals surface area (Å²) in [6, 6.07) is 5.49. The monoisotopic (exact) mass is 259 g/mol. The Balaban J connectivity index is 2.49. The molecule has 2 heterocycles. The zero-order valence-electron chi connectivity index (χ0n) is 9.16. The minimum Gasteiger partial charge on any atom is -0.396 e. The number of nitrogens with zero attached hydrogens (tertiary/aromatic N) is 4. The summed E-state index contributed by atoms with van der Waals surface area (Å²) in [5.41, 5.74) is 17.3. The largest absolute Gasteiger partial charge is 0.396 e. The maximum Gasteiger partial charge on any atom is 0.155 e. The van der Waals surface area contributed by atoms with Crippen molar-refractivity contribution in [3.05, 3.63) is 23.1 Å². The molecule has 8 heteroatoms. The SMILES string of the molecule is N#Cc1c(N)nc(N)c(/N=N/c2cccs2)c1N. The Morgan fingerprint density at radius 3 is 2.61 bits per heavy atom. The molecule has 0 fully saturated rings. The van der Waals surface area contributed by atoms with Crippen molar-refractivity contribution in [3.8, 4) is 6.07 Å². The average molecular weight is 259 g/mol. The Hall–Kier alpha value is -2.66. The van der Waals surface area contributed by atoms with E-state index in [1.165, 1.54) is 11.3 Å². The van der Waals surface area contributed by atoms with Gasteiger partial charge in [-0.2, -0.15) is 5.26 Å². The third-order valence-electron chi connectivity index (χ3n) is 2.13. The summed E-state index contributed by atoms with van der Waals surface area (Å²) in [4.78, 5) is 3.81. The van der Waals surface area contributed by atoms with Crippen LogP contribution in [0.5, 0.6) is 0 Å². The topological polar surface area (TPSA) is 139 Å². The summed E-state index contributed by atoms with van der Waals surface area (Å²) in [7, 11) is 0. The Kier molecular flexibility index (Phi) is 3.07. The van der Waals surface area contributed by atoms with Crippen LogP contribution in [-0.4, -0.2) is 4.98 Å². The maximum absolute atomic E-state index is 8.91. The second kappa shape index (κ2) is 4.68. The fourth-order valence-corrected chi connectivity index (χ4v) is 1.82. The van der Waals surface area contributed by atoms with E-state index in [9.17, 15) is 0 Å². The highest BCUT2D eigenvalue weighted by Gasteiger charge is 2.14. The molecule has 2 rings (SSSR count). The van der Waals surface area contributed by atoms with E-state index >= 15 is 0 Å². The van der Waals surface area contributed by atoms with E-state index in [-0.39, 0.29) is 28.6 Å². The number of aromatic nitrogens is 1. The molecule has 0 aromatic carbocycles. The second-order valence-corrected chi connectivity index (χ2v) is 4.21. The first kappa shape index (κ1) is 11.8. The van der Waals surface area contributed by atoms with E-state index in [0.29, 0.717) is 5.00 Å². The number of hydrogen-bond donors (Lipinski definition) is 3. The number of hydrogen-bond acceptors (Lipinski definition) is 8. The van der Waals surface area contributed by atoms with Crippen molar-refractivity contribution in [1.29, 1.82) is 5.26 Å². The van der Waals surface area contributed by atoms with Gasteiger partial charge in [-0.05, 0) is 17.5 Å². The molecule has 90 valence electrons.